The van der Waals surface area contributed by atoms with E-state index >= 15 is 0 Å². The Hall–Kier alpha value is -4.23. The van der Waals surface area contributed by atoms with Crippen molar-refractivity contribution < 1.29 is 19.4 Å². The lowest BCUT2D eigenvalue weighted by Crippen LogP contribution is -2.49. The molecule has 0 saturated heterocycles. The Kier molecular flexibility index (Phi) is 6.77. The van der Waals surface area contributed by atoms with E-state index in [-0.39, 0.29) is 23.6 Å². The molecule has 36 heavy (non-hydrogen) atoms. The zero-order valence-electron chi connectivity index (χ0n) is 20.5. The number of hydrogen-bond donors (Lipinski definition) is 4. The van der Waals surface area contributed by atoms with Gasteiger partial charge in [0.25, 0.3) is 0 Å². The fourth-order valence-corrected chi connectivity index (χ4v) is 4.28. The minimum atomic E-state index is -1.05. The van der Waals surface area contributed by atoms with Crippen molar-refractivity contribution in [2.45, 2.75) is 51.9 Å². The normalized spacial score (nSPS) is 22.8. The fourth-order valence-electron chi connectivity index (χ4n) is 4.28. The lowest BCUT2D eigenvalue weighted by molar-refractivity contribution is -0.121. The van der Waals surface area contributed by atoms with E-state index in [2.05, 4.69) is 26.2 Å². The van der Waals surface area contributed by atoms with E-state index in [1.807, 2.05) is 37.4 Å². The molecule has 186 valence electrons. The average molecular weight is 489 g/mol. The van der Waals surface area contributed by atoms with Gasteiger partial charge in [-0.3, -0.25) is 14.9 Å². The maximum absolute atomic E-state index is 12.0. The second kappa shape index (κ2) is 9.79. The molecule has 2 aromatic rings. The predicted octanol–water partition coefficient (Wildman–Crippen LogP) is 2.86. The van der Waals surface area contributed by atoms with Crippen molar-refractivity contribution in [1.29, 1.82) is 5.26 Å². The van der Waals surface area contributed by atoms with Gasteiger partial charge in [0.15, 0.2) is 12.0 Å². The highest BCUT2D eigenvalue weighted by molar-refractivity contribution is 6.06. The van der Waals surface area contributed by atoms with E-state index in [4.69, 9.17) is 4.74 Å². The molecule has 0 aliphatic carbocycles. The first kappa shape index (κ1) is 24.9. The van der Waals surface area contributed by atoms with Crippen LogP contribution in [-0.4, -0.2) is 40.2 Å². The van der Waals surface area contributed by atoms with Crippen LogP contribution >= 0.6 is 0 Å². The number of nitrogens with zero attached hydrogens (tertiary/aromatic N) is 3. The van der Waals surface area contributed by atoms with Crippen molar-refractivity contribution in [3.63, 3.8) is 0 Å². The molecule has 0 fully saturated rings. The van der Waals surface area contributed by atoms with E-state index in [9.17, 15) is 20.0 Å². The summed E-state index contributed by atoms with van der Waals surface area (Å²) >= 11 is 0. The summed E-state index contributed by atoms with van der Waals surface area (Å²) in [6.07, 6.45) is 1.20. The number of Topliss-reactive ketones (excluding diaryl/α,β-unsaturated/α-hetero) is 1. The Balaban J connectivity index is 1.64. The Bertz CT molecular complexity index is 1290. The van der Waals surface area contributed by atoms with Gasteiger partial charge in [-0.05, 0) is 56.7 Å². The number of ether oxygens (including phenoxy) is 1. The summed E-state index contributed by atoms with van der Waals surface area (Å²) in [6.45, 7) is 6.92. The number of ketones is 1. The third kappa shape index (κ3) is 5.06. The third-order valence-electron chi connectivity index (χ3n) is 6.26. The van der Waals surface area contributed by atoms with Crippen LogP contribution in [0.1, 0.15) is 61.6 Å². The van der Waals surface area contributed by atoms with Gasteiger partial charge in [-0.25, -0.2) is 10.4 Å². The second-order valence-electron chi connectivity index (χ2n) is 9.46. The number of aliphatic hydroxyl groups is 1. The molecule has 1 amide bonds. The zero-order chi connectivity index (χ0) is 26.0. The minimum Gasteiger partial charge on any atom is -0.485 e. The summed E-state index contributed by atoms with van der Waals surface area (Å²) in [4.78, 5) is 28.1. The molecule has 1 unspecified atom stereocenters. The quantitative estimate of drug-likeness (QED) is 0.170. The van der Waals surface area contributed by atoms with Crippen molar-refractivity contribution in [1.82, 2.24) is 10.7 Å². The average Bonchev–Trinajstić information content (AvgIpc) is 2.82. The van der Waals surface area contributed by atoms with Crippen molar-refractivity contribution in [2.75, 3.05) is 5.32 Å². The zero-order valence-corrected chi connectivity index (χ0v) is 20.5. The maximum atomic E-state index is 12.0. The molecule has 0 spiro atoms. The number of guanidine groups is 1. The van der Waals surface area contributed by atoms with Crippen molar-refractivity contribution >= 4 is 29.0 Å². The number of anilines is 1. The minimum absolute atomic E-state index is 0.00624. The van der Waals surface area contributed by atoms with Crippen molar-refractivity contribution in [3.8, 4) is 11.9 Å². The van der Waals surface area contributed by atoms with Gasteiger partial charge < -0.3 is 15.2 Å². The molecule has 0 bridgehead atoms. The number of nitriles is 1. The number of aliphatic hydroxyl groups excluding tert-OH is 1. The molecule has 3 atom stereocenters. The van der Waals surface area contributed by atoms with Crippen molar-refractivity contribution in [3.05, 3.63) is 59.2 Å². The lowest BCUT2D eigenvalue weighted by atomic mass is 9.86. The molecular weight excluding hydrogens is 460 g/mol. The van der Waals surface area contributed by atoms with Gasteiger partial charge >= 0.3 is 0 Å². The number of nitrogens with one attached hydrogen (secondary N) is 3. The topological polar surface area (TPSA) is 148 Å². The number of rotatable bonds is 4. The summed E-state index contributed by atoms with van der Waals surface area (Å²) < 4.78 is 5.97. The molecule has 2 heterocycles. The van der Waals surface area contributed by atoms with Gasteiger partial charge in [0, 0.05) is 29.2 Å². The summed E-state index contributed by atoms with van der Waals surface area (Å²) in [7, 11) is 0. The van der Waals surface area contributed by atoms with Crippen LogP contribution in [0.25, 0.3) is 0 Å². The molecule has 10 heteroatoms. The van der Waals surface area contributed by atoms with Gasteiger partial charge in [-0.2, -0.15) is 10.4 Å². The summed E-state index contributed by atoms with van der Waals surface area (Å²) in [5.41, 5.74) is 4.88. The van der Waals surface area contributed by atoms with Gasteiger partial charge in [0.1, 0.15) is 23.5 Å². The van der Waals surface area contributed by atoms with Gasteiger partial charge in [-0.1, -0.05) is 19.1 Å². The molecular formula is C26H28N6O4. The maximum Gasteiger partial charge on any atom is 0.240 e. The standard InChI is InChI=1S/C26H28N6O4/c1-14-11-21(34)31-32-22(14)16-5-8-18(9-6-16)29-25(28-13-27)30-23-19-12-17(15(2)33)7-10-20(19)36-26(3,4)24(23)35/h5-10,12,14,23-24,35H,11H2,1-4H3,(H,31,34)(H2,28,29,30)/t14?,23-,24+/m1/s1. The molecule has 0 aromatic heterocycles. The molecule has 2 aliphatic heterocycles. The Morgan fingerprint density at radius 3 is 2.64 bits per heavy atom. The molecule has 2 aromatic carbocycles. The SMILES string of the molecule is CC(=O)c1ccc2c(c1)[C@@H](N=C(NC#N)Nc1ccc(C3=NNC(=O)CC3C)cc1)[C@H](O)C(C)(C)O2. The van der Waals surface area contributed by atoms with Crippen LogP contribution in [0.5, 0.6) is 5.75 Å². The van der Waals surface area contributed by atoms with E-state index in [0.717, 1.165) is 11.3 Å². The largest absolute Gasteiger partial charge is 0.485 e. The molecule has 4 N–H and O–H groups in total. The monoisotopic (exact) mass is 488 g/mol. The first-order chi connectivity index (χ1) is 17.1. The number of hydrazone groups is 1. The lowest BCUT2D eigenvalue weighted by Gasteiger charge is -2.40. The van der Waals surface area contributed by atoms with E-state index in [1.165, 1.54) is 6.92 Å². The summed E-state index contributed by atoms with van der Waals surface area (Å²) in [5, 5.41) is 30.2. The number of benzene rings is 2. The number of carbonyl (C=O) groups excluding carboxylic acids is 2. The first-order valence-electron chi connectivity index (χ1n) is 11.6. The van der Waals surface area contributed by atoms with Crippen molar-refractivity contribution in [2.24, 2.45) is 16.0 Å². The third-order valence-corrected chi connectivity index (χ3v) is 6.26. The van der Waals surface area contributed by atoms with E-state index in [0.29, 0.717) is 29.0 Å². The van der Waals surface area contributed by atoms with Crippen LogP contribution in [0.2, 0.25) is 0 Å². The second-order valence-corrected chi connectivity index (χ2v) is 9.46. The first-order valence-corrected chi connectivity index (χ1v) is 11.6. The number of aliphatic imine (C=N–C) groups is 1. The summed E-state index contributed by atoms with van der Waals surface area (Å²) in [5.74, 6) is 0.405. The smallest absolute Gasteiger partial charge is 0.240 e. The molecule has 2 aliphatic rings. The van der Waals surface area contributed by atoms with Crippen LogP contribution in [0.4, 0.5) is 5.69 Å². The predicted molar refractivity (Wildman–Crippen MR) is 135 cm³/mol. The molecule has 10 nitrogen and oxygen atoms in total. The Morgan fingerprint density at radius 2 is 2.00 bits per heavy atom. The number of carbonyl (C=O) groups is 2. The van der Waals surface area contributed by atoms with Crippen LogP contribution < -0.4 is 20.8 Å². The highest BCUT2D eigenvalue weighted by Crippen LogP contribution is 2.42. The Labute approximate surface area is 209 Å². The number of amides is 1. The number of fused-ring (bicyclic) bond motifs is 1. The van der Waals surface area contributed by atoms with Crippen LogP contribution in [0.3, 0.4) is 0 Å². The van der Waals surface area contributed by atoms with E-state index < -0.39 is 17.7 Å². The fraction of sp³-hybridized carbons (Fsp3) is 0.346. The highest BCUT2D eigenvalue weighted by Gasteiger charge is 2.43. The Morgan fingerprint density at radius 1 is 1.28 bits per heavy atom. The van der Waals surface area contributed by atoms with Crippen LogP contribution in [0.15, 0.2) is 52.6 Å². The van der Waals surface area contributed by atoms with Crippen LogP contribution in [0, 0.1) is 17.4 Å². The van der Waals surface area contributed by atoms with Gasteiger partial charge in [0.2, 0.25) is 11.9 Å². The van der Waals surface area contributed by atoms with Gasteiger partial charge in [-0.15, -0.1) is 0 Å². The van der Waals surface area contributed by atoms with E-state index in [1.54, 1.807) is 32.0 Å². The number of hydrogen-bond acceptors (Lipinski definition) is 7. The highest BCUT2D eigenvalue weighted by atomic mass is 16.5. The molecule has 0 radical (unpaired) electrons. The van der Waals surface area contributed by atoms with Crippen LogP contribution in [-0.2, 0) is 4.79 Å². The molecule has 4 rings (SSSR count). The summed E-state index contributed by atoms with van der Waals surface area (Å²) in [6, 6.07) is 11.6. The molecule has 0 saturated carbocycles. The van der Waals surface area contributed by atoms with Gasteiger partial charge in [0.05, 0.1) is 5.71 Å².